The zero-order valence-electron chi connectivity index (χ0n) is 8.03. The number of hydrogen-bond acceptors (Lipinski definition) is 3. The van der Waals surface area contributed by atoms with E-state index in [4.69, 9.17) is 20.0 Å². The van der Waals surface area contributed by atoms with E-state index in [1.807, 2.05) is 0 Å². The van der Waals surface area contributed by atoms with Crippen molar-refractivity contribution in [2.45, 2.75) is 25.4 Å². The van der Waals surface area contributed by atoms with Gasteiger partial charge in [0, 0.05) is 0 Å². The summed E-state index contributed by atoms with van der Waals surface area (Å²) in [5.41, 5.74) is -1.67. The molecule has 0 spiro atoms. The fraction of sp³-hybridized carbons (Fsp3) is 0.714. The molecule has 0 bridgehead atoms. The quantitative estimate of drug-likeness (QED) is 0.382. The van der Waals surface area contributed by atoms with Crippen molar-refractivity contribution < 1.29 is 34.2 Å². The first kappa shape index (κ1) is 14.1. The summed E-state index contributed by atoms with van der Waals surface area (Å²) < 4.78 is 10.9. The molecule has 0 aromatic rings. The highest BCUT2D eigenvalue weighted by atomic mass is 31.2. The number of carboxylic acids is 2. The lowest BCUT2D eigenvalue weighted by molar-refractivity contribution is -0.154. The topological polar surface area (TPSA) is 132 Å². The third kappa shape index (κ3) is 3.99. The van der Waals surface area contributed by atoms with Crippen LogP contribution in [0, 0.1) is 5.92 Å². The van der Waals surface area contributed by atoms with Crippen LogP contribution in [0.1, 0.15) is 19.8 Å². The first-order valence-corrected chi connectivity index (χ1v) is 5.90. The predicted molar refractivity (Wildman–Crippen MR) is 49.5 cm³/mol. The molecule has 0 aliphatic carbocycles. The second-order valence-corrected chi connectivity index (χ2v) is 4.94. The van der Waals surface area contributed by atoms with Crippen LogP contribution in [0.15, 0.2) is 0 Å². The van der Waals surface area contributed by atoms with Crippen LogP contribution in [0.3, 0.4) is 0 Å². The highest BCUT2D eigenvalue weighted by molar-refractivity contribution is 7.52. The lowest BCUT2D eigenvalue weighted by Gasteiger charge is -2.21. The maximum Gasteiger partial charge on any atom is 0.330 e. The van der Waals surface area contributed by atoms with E-state index in [0.717, 1.165) is 0 Å². The van der Waals surface area contributed by atoms with Crippen molar-refractivity contribution >= 4 is 19.5 Å². The van der Waals surface area contributed by atoms with Gasteiger partial charge in [-0.15, -0.1) is 0 Å². The van der Waals surface area contributed by atoms with Gasteiger partial charge in [-0.25, -0.2) is 0 Å². The minimum absolute atomic E-state index is 0.145. The first-order valence-electron chi connectivity index (χ1n) is 4.22. The minimum atomic E-state index is -4.72. The Bertz CT molecular complexity index is 280. The van der Waals surface area contributed by atoms with Gasteiger partial charge >= 0.3 is 19.5 Å². The summed E-state index contributed by atoms with van der Waals surface area (Å²) in [6, 6.07) is 0. The van der Waals surface area contributed by atoms with Crippen LogP contribution in [0.5, 0.6) is 0 Å². The number of aliphatic carboxylic acids is 2. The van der Waals surface area contributed by atoms with Gasteiger partial charge in [-0.2, -0.15) is 0 Å². The van der Waals surface area contributed by atoms with Gasteiger partial charge in [-0.05, 0) is 6.42 Å². The molecule has 0 aromatic carbocycles. The molecule has 7 nitrogen and oxygen atoms in total. The molecule has 0 aliphatic heterocycles. The Morgan fingerprint density at radius 1 is 1.20 bits per heavy atom. The van der Waals surface area contributed by atoms with Gasteiger partial charge in [-0.1, -0.05) is 13.3 Å². The Hall–Kier alpha value is -0.910. The Morgan fingerprint density at radius 2 is 1.60 bits per heavy atom. The summed E-state index contributed by atoms with van der Waals surface area (Å²) in [4.78, 5) is 38.9. The molecule has 0 rings (SSSR count). The van der Waals surface area contributed by atoms with Gasteiger partial charge < -0.3 is 20.0 Å². The first-order chi connectivity index (χ1) is 6.71. The van der Waals surface area contributed by atoms with Crippen molar-refractivity contribution in [3.05, 3.63) is 0 Å². The van der Waals surface area contributed by atoms with Crippen LogP contribution in [0.2, 0.25) is 0 Å². The molecule has 4 N–H and O–H groups in total. The Labute approximate surface area is 85.9 Å². The molecule has 88 valence electrons. The van der Waals surface area contributed by atoms with Crippen molar-refractivity contribution in [2.75, 3.05) is 0 Å². The average molecular weight is 240 g/mol. The van der Waals surface area contributed by atoms with Crippen molar-refractivity contribution in [2.24, 2.45) is 5.92 Å². The van der Waals surface area contributed by atoms with Gasteiger partial charge in [0.05, 0.1) is 5.66 Å². The second kappa shape index (κ2) is 5.25. The standard InChI is InChI=1S/C7H13O7P/c1-2-3-4(15(12,13)14)5(6(8)9)7(10)11/h4-5H,2-3H2,1H3,(H,8,9)(H,10,11)(H2,12,13,14). The summed E-state index contributed by atoms with van der Waals surface area (Å²) in [5.74, 6) is -5.53. The lowest BCUT2D eigenvalue weighted by Crippen LogP contribution is -2.35. The molecule has 1 atom stereocenters. The van der Waals surface area contributed by atoms with Crippen molar-refractivity contribution in [1.82, 2.24) is 0 Å². The third-order valence-corrected chi connectivity index (χ3v) is 3.35. The van der Waals surface area contributed by atoms with Crippen molar-refractivity contribution in [1.29, 1.82) is 0 Å². The Morgan fingerprint density at radius 3 is 1.80 bits per heavy atom. The highest BCUT2D eigenvalue weighted by Crippen LogP contribution is 2.47. The monoisotopic (exact) mass is 240 g/mol. The molecular formula is C7H13O7P. The number of hydrogen-bond donors (Lipinski definition) is 4. The molecule has 0 saturated carbocycles. The molecule has 0 aromatic heterocycles. The SMILES string of the molecule is CCCC(C(C(=O)O)C(=O)O)P(=O)(O)O. The van der Waals surface area contributed by atoms with Gasteiger partial charge in [0.2, 0.25) is 0 Å². The fourth-order valence-corrected chi connectivity index (χ4v) is 2.50. The van der Waals surface area contributed by atoms with Crippen molar-refractivity contribution in [3.63, 3.8) is 0 Å². The van der Waals surface area contributed by atoms with Gasteiger partial charge in [0.25, 0.3) is 0 Å². The Kier molecular flexibility index (Phi) is 4.93. The minimum Gasteiger partial charge on any atom is -0.481 e. The summed E-state index contributed by atoms with van der Waals surface area (Å²) in [7, 11) is -4.72. The zero-order valence-corrected chi connectivity index (χ0v) is 8.92. The molecule has 0 saturated heterocycles. The fourth-order valence-electron chi connectivity index (χ4n) is 1.26. The molecule has 0 fully saturated rings. The van der Waals surface area contributed by atoms with E-state index in [1.54, 1.807) is 6.92 Å². The van der Waals surface area contributed by atoms with Crippen LogP contribution in [0.25, 0.3) is 0 Å². The van der Waals surface area contributed by atoms with Crippen LogP contribution >= 0.6 is 7.60 Å². The van der Waals surface area contributed by atoms with E-state index in [-0.39, 0.29) is 6.42 Å². The number of carboxylic acid groups (broad SMARTS) is 2. The summed E-state index contributed by atoms with van der Waals surface area (Å²) in [5, 5.41) is 17.2. The van der Waals surface area contributed by atoms with E-state index in [0.29, 0.717) is 6.42 Å². The van der Waals surface area contributed by atoms with E-state index < -0.39 is 31.1 Å². The zero-order chi connectivity index (χ0) is 12.2. The van der Waals surface area contributed by atoms with Crippen LogP contribution in [-0.2, 0) is 14.2 Å². The average Bonchev–Trinajstić information content (AvgIpc) is 2.00. The van der Waals surface area contributed by atoms with Gasteiger partial charge in [0.1, 0.15) is 0 Å². The molecule has 0 aliphatic rings. The smallest absolute Gasteiger partial charge is 0.330 e. The van der Waals surface area contributed by atoms with E-state index in [1.165, 1.54) is 0 Å². The van der Waals surface area contributed by atoms with Crippen molar-refractivity contribution in [3.8, 4) is 0 Å². The predicted octanol–water partition coefficient (Wildman–Crippen LogP) is 0.118. The molecular weight excluding hydrogens is 227 g/mol. The molecule has 1 unspecified atom stereocenters. The van der Waals surface area contributed by atoms with E-state index in [2.05, 4.69) is 0 Å². The number of rotatable bonds is 6. The maximum absolute atomic E-state index is 10.9. The largest absolute Gasteiger partial charge is 0.481 e. The maximum atomic E-state index is 10.9. The van der Waals surface area contributed by atoms with E-state index >= 15 is 0 Å². The van der Waals surface area contributed by atoms with Gasteiger partial charge in [0.15, 0.2) is 5.92 Å². The molecule has 15 heavy (non-hydrogen) atoms. The molecule has 8 heteroatoms. The molecule has 0 amide bonds. The third-order valence-electron chi connectivity index (χ3n) is 1.93. The van der Waals surface area contributed by atoms with Crippen LogP contribution in [0.4, 0.5) is 0 Å². The summed E-state index contributed by atoms with van der Waals surface area (Å²) >= 11 is 0. The second-order valence-electron chi connectivity index (χ2n) is 3.10. The molecule has 0 radical (unpaired) electrons. The van der Waals surface area contributed by atoms with Crippen LogP contribution < -0.4 is 0 Å². The number of carbonyl (C=O) groups is 2. The normalized spacial score (nSPS) is 13.9. The Balaban J connectivity index is 5.11. The van der Waals surface area contributed by atoms with E-state index in [9.17, 15) is 14.2 Å². The summed E-state index contributed by atoms with van der Waals surface area (Å²) in [6.45, 7) is 1.59. The summed E-state index contributed by atoms with van der Waals surface area (Å²) in [6.07, 6.45) is 0.153. The van der Waals surface area contributed by atoms with Gasteiger partial charge in [-0.3, -0.25) is 14.2 Å². The van der Waals surface area contributed by atoms with Crippen LogP contribution in [-0.4, -0.2) is 37.6 Å². The highest BCUT2D eigenvalue weighted by Gasteiger charge is 2.44. The lowest BCUT2D eigenvalue weighted by atomic mass is 10.0. The molecule has 0 heterocycles.